The van der Waals surface area contributed by atoms with Crippen molar-refractivity contribution in [3.05, 3.63) is 41.0 Å². The number of likely N-dealkylation sites (N-methyl/N-ethyl adjacent to an activating group) is 1. The van der Waals surface area contributed by atoms with Crippen molar-refractivity contribution in [2.45, 2.75) is 45.0 Å². The van der Waals surface area contributed by atoms with Gasteiger partial charge in [-0.3, -0.25) is 9.59 Å². The van der Waals surface area contributed by atoms with Crippen LogP contribution in [-0.4, -0.2) is 58.6 Å². The van der Waals surface area contributed by atoms with Crippen LogP contribution in [0.25, 0.3) is 10.4 Å². The average Bonchev–Trinajstić information content (AvgIpc) is 3.30. The van der Waals surface area contributed by atoms with Crippen LogP contribution in [0.4, 0.5) is 0 Å². The molecule has 0 saturated carbocycles. The summed E-state index contributed by atoms with van der Waals surface area (Å²) in [6.07, 6.45) is -0.414. The number of likely N-dealkylation sites (tertiary alicyclic amines) is 1. The summed E-state index contributed by atoms with van der Waals surface area (Å²) < 4.78 is 0. The molecule has 2 heterocycles. The normalized spacial score (nSPS) is 20.2. The van der Waals surface area contributed by atoms with Crippen LogP contribution in [0.3, 0.4) is 0 Å². The fourth-order valence-electron chi connectivity index (χ4n) is 3.34. The summed E-state index contributed by atoms with van der Waals surface area (Å²) in [6.45, 7) is 4.29. The number of rotatable bonds is 6. The van der Waals surface area contributed by atoms with Crippen LogP contribution >= 0.6 is 11.3 Å². The van der Waals surface area contributed by atoms with Gasteiger partial charge in [-0.15, -0.1) is 11.3 Å². The highest BCUT2D eigenvalue weighted by Crippen LogP contribution is 2.27. The largest absolute Gasteiger partial charge is 0.391 e. The van der Waals surface area contributed by atoms with Gasteiger partial charge in [0.25, 0.3) is 0 Å². The number of hydrogen-bond donors (Lipinski definition) is 3. The quantitative estimate of drug-likeness (QED) is 0.677. The lowest BCUT2D eigenvalue weighted by Crippen LogP contribution is -2.51. The molecular formula is C20H26N4O3S. The number of amides is 2. The summed E-state index contributed by atoms with van der Waals surface area (Å²) in [5, 5.41) is 15.7. The molecule has 3 N–H and O–H groups in total. The summed E-state index contributed by atoms with van der Waals surface area (Å²) in [5.41, 5.74) is 4.91. The molecule has 28 heavy (non-hydrogen) atoms. The van der Waals surface area contributed by atoms with E-state index in [0.29, 0.717) is 6.54 Å². The second-order valence-corrected chi connectivity index (χ2v) is 7.94. The number of benzene rings is 1. The van der Waals surface area contributed by atoms with E-state index >= 15 is 0 Å². The van der Waals surface area contributed by atoms with Crippen molar-refractivity contribution in [3.8, 4) is 10.4 Å². The maximum atomic E-state index is 12.6. The lowest BCUT2D eigenvalue weighted by molar-refractivity contribution is -0.139. The minimum atomic E-state index is -0.675. The Hall–Kier alpha value is -2.29. The molecule has 1 aliphatic rings. The number of nitrogens with one attached hydrogen (secondary N) is 2. The molecule has 2 amide bonds. The van der Waals surface area contributed by atoms with E-state index in [1.807, 2.05) is 36.7 Å². The fourth-order valence-corrected chi connectivity index (χ4v) is 4.15. The number of aliphatic hydroxyl groups excluding tert-OH is 1. The Morgan fingerprint density at radius 2 is 2.07 bits per heavy atom. The first-order valence-corrected chi connectivity index (χ1v) is 10.2. The first-order chi connectivity index (χ1) is 13.4. The molecule has 1 fully saturated rings. The molecule has 1 aliphatic heterocycles. The molecule has 0 radical (unpaired) electrons. The van der Waals surface area contributed by atoms with Gasteiger partial charge in [-0.1, -0.05) is 24.3 Å². The van der Waals surface area contributed by atoms with E-state index in [-0.39, 0.29) is 24.8 Å². The van der Waals surface area contributed by atoms with E-state index in [9.17, 15) is 14.7 Å². The molecule has 2 aromatic rings. The second-order valence-electron chi connectivity index (χ2n) is 7.09. The third kappa shape index (κ3) is 4.40. The van der Waals surface area contributed by atoms with E-state index in [4.69, 9.17) is 0 Å². The molecule has 1 aromatic carbocycles. The predicted octanol–water partition coefficient (Wildman–Crippen LogP) is 1.30. The maximum Gasteiger partial charge on any atom is 0.243 e. The van der Waals surface area contributed by atoms with Gasteiger partial charge in [-0.25, -0.2) is 4.98 Å². The Kier molecular flexibility index (Phi) is 6.43. The van der Waals surface area contributed by atoms with Crippen LogP contribution in [0.2, 0.25) is 0 Å². The number of carbonyl (C=O) groups excluding carboxylic acids is 2. The highest BCUT2D eigenvalue weighted by Gasteiger charge is 2.39. The monoisotopic (exact) mass is 402 g/mol. The van der Waals surface area contributed by atoms with E-state index in [0.717, 1.165) is 21.7 Å². The van der Waals surface area contributed by atoms with E-state index in [2.05, 4.69) is 15.6 Å². The number of hydrogen-bond acceptors (Lipinski definition) is 6. The standard InChI is InChI=1S/C20H26N4O3S/c1-12-18(28-11-23-12)15-6-4-14(5-7-15)9-22-19(26)17-8-16(25)10-24(17)20(27)13(2)21-3/h4-7,11,13,16-17,21,25H,8-10H2,1-3H3,(H,22,26). The van der Waals surface area contributed by atoms with Crippen LogP contribution in [-0.2, 0) is 16.1 Å². The summed E-state index contributed by atoms with van der Waals surface area (Å²) in [5.74, 6) is -0.418. The smallest absolute Gasteiger partial charge is 0.243 e. The number of carbonyl (C=O) groups is 2. The lowest BCUT2D eigenvalue weighted by Gasteiger charge is -2.26. The second kappa shape index (κ2) is 8.81. The molecular weight excluding hydrogens is 376 g/mol. The zero-order valence-corrected chi connectivity index (χ0v) is 17.1. The first kappa shape index (κ1) is 20.4. The topological polar surface area (TPSA) is 94.6 Å². The Labute approximate surface area is 168 Å². The van der Waals surface area contributed by atoms with Crippen LogP contribution in [0.5, 0.6) is 0 Å². The predicted molar refractivity (Wildman–Crippen MR) is 109 cm³/mol. The maximum absolute atomic E-state index is 12.6. The van der Waals surface area contributed by atoms with Gasteiger partial charge in [-0.2, -0.15) is 0 Å². The van der Waals surface area contributed by atoms with Crippen LogP contribution in [0.15, 0.2) is 29.8 Å². The third-order valence-corrected chi connectivity index (χ3v) is 6.07. The van der Waals surface area contributed by atoms with Crippen LogP contribution in [0, 0.1) is 6.92 Å². The first-order valence-electron chi connectivity index (χ1n) is 9.33. The van der Waals surface area contributed by atoms with Gasteiger partial charge in [0.1, 0.15) is 6.04 Å². The van der Waals surface area contributed by atoms with Crippen molar-refractivity contribution in [2.24, 2.45) is 0 Å². The highest BCUT2D eigenvalue weighted by atomic mass is 32.1. The fraction of sp³-hybridized carbons (Fsp3) is 0.450. The number of aryl methyl sites for hydroxylation is 1. The zero-order chi connectivity index (χ0) is 20.3. The van der Waals surface area contributed by atoms with Crippen LogP contribution < -0.4 is 10.6 Å². The Bertz CT molecular complexity index is 836. The molecule has 7 nitrogen and oxygen atoms in total. The molecule has 0 aliphatic carbocycles. The van der Waals surface area contributed by atoms with E-state index < -0.39 is 18.2 Å². The molecule has 150 valence electrons. The Morgan fingerprint density at radius 3 is 2.68 bits per heavy atom. The van der Waals surface area contributed by atoms with Gasteiger partial charge in [0, 0.05) is 19.5 Å². The molecule has 0 spiro atoms. The zero-order valence-electron chi connectivity index (χ0n) is 16.3. The number of thiazole rings is 1. The number of aromatic nitrogens is 1. The molecule has 1 aromatic heterocycles. The summed E-state index contributed by atoms with van der Waals surface area (Å²) in [7, 11) is 1.70. The van der Waals surface area contributed by atoms with Gasteiger partial charge in [-0.05, 0) is 32.0 Å². The van der Waals surface area contributed by atoms with Crippen molar-refractivity contribution >= 4 is 23.2 Å². The van der Waals surface area contributed by atoms with Crippen LogP contribution in [0.1, 0.15) is 24.6 Å². The van der Waals surface area contributed by atoms with E-state index in [1.165, 1.54) is 4.90 Å². The summed E-state index contributed by atoms with van der Waals surface area (Å²) in [6, 6.07) is 6.95. The van der Waals surface area contributed by atoms with Crippen molar-refractivity contribution in [2.75, 3.05) is 13.6 Å². The van der Waals surface area contributed by atoms with Gasteiger partial charge >= 0.3 is 0 Å². The SMILES string of the molecule is CNC(C)C(=O)N1CC(O)CC1C(=O)NCc1ccc(-c2scnc2C)cc1. The van der Waals surface area contributed by atoms with Crippen molar-refractivity contribution in [1.82, 2.24) is 20.5 Å². The minimum absolute atomic E-state index is 0.177. The molecule has 3 atom stereocenters. The van der Waals surface area contributed by atoms with Gasteiger partial charge < -0.3 is 20.6 Å². The Morgan fingerprint density at radius 1 is 1.36 bits per heavy atom. The number of aliphatic hydroxyl groups is 1. The van der Waals surface area contributed by atoms with E-state index in [1.54, 1.807) is 25.3 Å². The third-order valence-electron chi connectivity index (χ3n) is 5.10. The van der Waals surface area contributed by atoms with Gasteiger partial charge in [0.05, 0.1) is 28.2 Å². The highest BCUT2D eigenvalue weighted by molar-refractivity contribution is 7.13. The molecule has 3 rings (SSSR count). The molecule has 8 heteroatoms. The molecule has 3 unspecified atom stereocenters. The Balaban J connectivity index is 1.61. The number of β-amino-alcohol motifs (C(OH)–C–C–N with tert-alkyl or cyclic N) is 1. The van der Waals surface area contributed by atoms with Crippen molar-refractivity contribution in [1.29, 1.82) is 0 Å². The summed E-state index contributed by atoms with van der Waals surface area (Å²) >= 11 is 1.60. The van der Waals surface area contributed by atoms with Gasteiger partial charge in [0.15, 0.2) is 0 Å². The lowest BCUT2D eigenvalue weighted by atomic mass is 10.1. The van der Waals surface area contributed by atoms with Gasteiger partial charge in [0.2, 0.25) is 11.8 Å². The average molecular weight is 403 g/mol. The minimum Gasteiger partial charge on any atom is -0.391 e. The molecule has 0 bridgehead atoms. The van der Waals surface area contributed by atoms with Crippen molar-refractivity contribution in [3.63, 3.8) is 0 Å². The van der Waals surface area contributed by atoms with Crippen molar-refractivity contribution < 1.29 is 14.7 Å². The molecule has 1 saturated heterocycles. The summed E-state index contributed by atoms with van der Waals surface area (Å²) in [4.78, 5) is 32.0. The number of nitrogens with zero attached hydrogens (tertiary/aromatic N) is 2.